The number of nitro benzene ring substituents is 1. The van der Waals surface area contributed by atoms with E-state index in [1.165, 1.54) is 12.1 Å². The van der Waals surface area contributed by atoms with E-state index >= 15 is 0 Å². The average molecular weight is 266 g/mol. The number of aliphatic hydroxyl groups is 1. The number of nitrogens with zero attached hydrogens (tertiary/aromatic N) is 2. The number of rotatable bonds is 1. The monoisotopic (exact) mass is 266 g/mol. The van der Waals surface area contributed by atoms with Crippen molar-refractivity contribution >= 4 is 17.3 Å². The van der Waals surface area contributed by atoms with E-state index in [1.54, 1.807) is 38.8 Å². The van der Waals surface area contributed by atoms with E-state index in [0.717, 1.165) is 5.69 Å². The van der Waals surface area contributed by atoms with Crippen molar-refractivity contribution < 1.29 is 14.8 Å². The molecule has 0 unspecified atom stereocenters. The molecule has 0 atom stereocenters. The number of benzene rings is 1. The largest absolute Gasteiger partial charge is 0.397 e. The first-order valence-electron chi connectivity index (χ1n) is 5.95. The van der Waals surface area contributed by atoms with Gasteiger partial charge in [-0.2, -0.15) is 0 Å². The van der Waals surface area contributed by atoms with Crippen LogP contribution in [0.2, 0.25) is 0 Å². The zero-order valence-electron chi connectivity index (χ0n) is 11.5. The molecule has 19 heavy (non-hydrogen) atoms. The van der Waals surface area contributed by atoms with Crippen LogP contribution in [-0.4, -0.2) is 29.6 Å². The Kier molecular flexibility index (Phi) is 4.26. The van der Waals surface area contributed by atoms with Gasteiger partial charge in [0.1, 0.15) is 0 Å². The van der Waals surface area contributed by atoms with Gasteiger partial charge in [0, 0.05) is 31.5 Å². The summed E-state index contributed by atoms with van der Waals surface area (Å²) in [4.78, 5) is 23.7. The van der Waals surface area contributed by atoms with E-state index < -0.39 is 10.3 Å². The highest BCUT2D eigenvalue weighted by Crippen LogP contribution is 2.42. The van der Waals surface area contributed by atoms with E-state index in [2.05, 4.69) is 0 Å². The van der Waals surface area contributed by atoms with Gasteiger partial charge in [0.05, 0.1) is 10.3 Å². The minimum atomic E-state index is -0.684. The van der Waals surface area contributed by atoms with Gasteiger partial charge in [-0.05, 0) is 32.4 Å². The fraction of sp³-hybridized carbons (Fsp3) is 0.462. The predicted octanol–water partition coefficient (Wildman–Crippen LogP) is 1.85. The number of amides is 1. The van der Waals surface area contributed by atoms with Crippen molar-refractivity contribution in [2.24, 2.45) is 0 Å². The van der Waals surface area contributed by atoms with Crippen LogP contribution in [0.1, 0.15) is 26.3 Å². The highest BCUT2D eigenvalue weighted by atomic mass is 16.6. The fourth-order valence-electron chi connectivity index (χ4n) is 2.07. The Morgan fingerprint density at radius 1 is 1.42 bits per heavy atom. The van der Waals surface area contributed by atoms with E-state index in [9.17, 15) is 14.9 Å². The third-order valence-electron chi connectivity index (χ3n) is 3.06. The molecule has 0 spiro atoms. The molecule has 6 nitrogen and oxygen atoms in total. The van der Waals surface area contributed by atoms with Crippen LogP contribution in [0.15, 0.2) is 18.2 Å². The van der Waals surface area contributed by atoms with Gasteiger partial charge in [-0.25, -0.2) is 0 Å². The number of hydrogen-bond donors (Lipinski definition) is 1. The van der Waals surface area contributed by atoms with Crippen molar-refractivity contribution in [2.75, 3.05) is 18.6 Å². The summed E-state index contributed by atoms with van der Waals surface area (Å²) in [6.45, 7) is 5.49. The summed E-state index contributed by atoms with van der Waals surface area (Å²) in [7, 11) is 1.68. The van der Waals surface area contributed by atoms with Crippen LogP contribution in [0.25, 0.3) is 0 Å². The molecule has 1 heterocycles. The number of nitro groups is 1. The molecule has 1 aliphatic rings. The molecule has 0 fully saturated rings. The summed E-state index contributed by atoms with van der Waals surface area (Å²) in [5.74, 6) is -0.0389. The normalized spacial score (nSPS) is 15.6. The Balaban J connectivity index is 0.000000550. The number of likely N-dealkylation sites (N-methyl/N-ethyl adjacent to an activating group) is 1. The van der Waals surface area contributed by atoms with E-state index in [4.69, 9.17) is 5.11 Å². The third kappa shape index (κ3) is 2.58. The highest BCUT2D eigenvalue weighted by molar-refractivity contribution is 6.07. The molecule has 0 radical (unpaired) electrons. The van der Waals surface area contributed by atoms with Crippen LogP contribution < -0.4 is 4.90 Å². The smallest absolute Gasteiger partial charge is 0.269 e. The summed E-state index contributed by atoms with van der Waals surface area (Å²) in [6.07, 6.45) is 0. The highest BCUT2D eigenvalue weighted by Gasteiger charge is 2.42. The molecule has 2 rings (SSSR count). The Hall–Kier alpha value is -1.95. The summed E-state index contributed by atoms with van der Waals surface area (Å²) in [6, 6.07) is 4.53. The number of anilines is 1. The standard InChI is InChI=1S/C11H12N2O3.C2H6O/c1-11(2)8-6-7(13(15)16)4-5-9(8)12(3)10(11)14;1-2-3/h4-6H,1-3H3;3H,2H2,1H3. The maximum absolute atomic E-state index is 11.9. The van der Waals surface area contributed by atoms with Gasteiger partial charge in [0.15, 0.2) is 0 Å². The van der Waals surface area contributed by atoms with Crippen LogP contribution in [0.5, 0.6) is 0 Å². The maximum Gasteiger partial charge on any atom is 0.269 e. The number of hydrogen-bond acceptors (Lipinski definition) is 4. The quantitative estimate of drug-likeness (QED) is 0.621. The molecule has 6 heteroatoms. The van der Waals surface area contributed by atoms with Crippen molar-refractivity contribution in [3.63, 3.8) is 0 Å². The first kappa shape index (κ1) is 15.1. The van der Waals surface area contributed by atoms with E-state index in [1.807, 2.05) is 0 Å². The SMILES string of the molecule is CCO.CN1C(=O)C(C)(C)c2cc([N+](=O)[O-])ccc21. The first-order valence-corrected chi connectivity index (χ1v) is 5.95. The van der Waals surface area contributed by atoms with Crippen LogP contribution >= 0.6 is 0 Å². The molecular formula is C13H18N2O4. The summed E-state index contributed by atoms with van der Waals surface area (Å²) >= 11 is 0. The lowest BCUT2D eigenvalue weighted by Gasteiger charge is -2.16. The fourth-order valence-corrected chi connectivity index (χ4v) is 2.07. The molecule has 1 amide bonds. The lowest BCUT2D eigenvalue weighted by atomic mass is 9.86. The van der Waals surface area contributed by atoms with Crippen LogP contribution in [0.4, 0.5) is 11.4 Å². The van der Waals surface area contributed by atoms with Crippen molar-refractivity contribution in [2.45, 2.75) is 26.2 Å². The van der Waals surface area contributed by atoms with Crippen LogP contribution in [0, 0.1) is 10.1 Å². The molecule has 1 aromatic rings. The second kappa shape index (κ2) is 5.36. The molecule has 0 bridgehead atoms. The summed E-state index contributed by atoms with van der Waals surface area (Å²) in [5, 5.41) is 18.3. The molecule has 0 saturated carbocycles. The number of non-ortho nitro benzene ring substituents is 1. The van der Waals surface area contributed by atoms with Crippen molar-refractivity contribution in [1.82, 2.24) is 0 Å². The Morgan fingerprint density at radius 2 is 1.95 bits per heavy atom. The van der Waals surface area contributed by atoms with Crippen LogP contribution in [-0.2, 0) is 10.2 Å². The van der Waals surface area contributed by atoms with Gasteiger partial charge in [-0.3, -0.25) is 14.9 Å². The number of carbonyl (C=O) groups excluding carboxylic acids is 1. The van der Waals surface area contributed by atoms with Crippen molar-refractivity contribution in [3.8, 4) is 0 Å². The molecule has 1 aromatic carbocycles. The average Bonchev–Trinajstić information content (AvgIpc) is 2.52. The second-order valence-electron chi connectivity index (χ2n) is 4.76. The van der Waals surface area contributed by atoms with Gasteiger partial charge >= 0.3 is 0 Å². The van der Waals surface area contributed by atoms with Gasteiger partial charge < -0.3 is 10.0 Å². The molecule has 0 aliphatic carbocycles. The number of carbonyl (C=O) groups is 1. The number of fused-ring (bicyclic) bond motifs is 1. The second-order valence-corrected chi connectivity index (χ2v) is 4.76. The van der Waals surface area contributed by atoms with Gasteiger partial charge in [-0.15, -0.1) is 0 Å². The Labute approximate surface area is 111 Å². The molecule has 1 aliphatic heterocycles. The minimum absolute atomic E-state index is 0.0231. The Morgan fingerprint density at radius 3 is 2.42 bits per heavy atom. The van der Waals surface area contributed by atoms with E-state index in [-0.39, 0.29) is 18.2 Å². The minimum Gasteiger partial charge on any atom is -0.397 e. The van der Waals surface area contributed by atoms with Crippen molar-refractivity contribution in [3.05, 3.63) is 33.9 Å². The molecule has 104 valence electrons. The first-order chi connectivity index (χ1) is 8.77. The molecule has 0 saturated heterocycles. The zero-order chi connectivity index (χ0) is 14.8. The lowest BCUT2D eigenvalue weighted by molar-refractivity contribution is -0.384. The van der Waals surface area contributed by atoms with Gasteiger partial charge in [0.25, 0.3) is 5.69 Å². The Bertz CT molecular complexity index is 511. The third-order valence-corrected chi connectivity index (χ3v) is 3.06. The lowest BCUT2D eigenvalue weighted by Crippen LogP contribution is -2.33. The number of aliphatic hydroxyl groups excluding tert-OH is 1. The predicted molar refractivity (Wildman–Crippen MR) is 72.3 cm³/mol. The molecule has 1 N–H and O–H groups in total. The van der Waals surface area contributed by atoms with Gasteiger partial charge in [0.2, 0.25) is 5.91 Å². The topological polar surface area (TPSA) is 83.7 Å². The zero-order valence-corrected chi connectivity index (χ0v) is 11.5. The van der Waals surface area contributed by atoms with Crippen molar-refractivity contribution in [1.29, 1.82) is 0 Å². The summed E-state index contributed by atoms with van der Waals surface area (Å²) in [5.41, 5.74) is 0.806. The molecule has 0 aromatic heterocycles. The molecular weight excluding hydrogens is 248 g/mol. The van der Waals surface area contributed by atoms with Crippen LogP contribution in [0.3, 0.4) is 0 Å². The van der Waals surface area contributed by atoms with E-state index in [0.29, 0.717) is 5.56 Å². The summed E-state index contributed by atoms with van der Waals surface area (Å²) < 4.78 is 0. The van der Waals surface area contributed by atoms with Gasteiger partial charge in [-0.1, -0.05) is 0 Å². The maximum atomic E-state index is 11.9.